The van der Waals surface area contributed by atoms with Crippen molar-refractivity contribution in [1.29, 1.82) is 0 Å². The molecule has 0 bridgehead atoms. The number of hydrogen-bond donors (Lipinski definition) is 0. The molecule has 8 nitrogen and oxygen atoms in total. The first-order valence-corrected chi connectivity index (χ1v) is 11.1. The summed E-state index contributed by atoms with van der Waals surface area (Å²) < 4.78 is 69.9. The van der Waals surface area contributed by atoms with Crippen molar-refractivity contribution in [3.63, 3.8) is 0 Å². The number of nitrogens with zero attached hydrogens (tertiary/aromatic N) is 2. The van der Waals surface area contributed by atoms with Gasteiger partial charge in [-0.15, -0.1) is 0 Å². The van der Waals surface area contributed by atoms with Crippen molar-refractivity contribution < 1.29 is 85.1 Å². The molecule has 0 aliphatic heterocycles. The summed E-state index contributed by atoms with van der Waals surface area (Å²) in [5.41, 5.74) is 0.425. The Morgan fingerprint density at radius 1 is 0.871 bits per heavy atom. The molecule has 0 aromatic heterocycles. The molecule has 0 aliphatic rings. The molecule has 14 heteroatoms. The van der Waals surface area contributed by atoms with Gasteiger partial charge in [0, 0.05) is 0 Å². The van der Waals surface area contributed by atoms with Crippen LogP contribution in [0, 0.1) is 0 Å². The minimum Gasteiger partial charge on any atom is -0.744 e. The average molecular weight is 513 g/mol. The molecule has 2 aromatic carbocycles. The second kappa shape index (κ2) is 12.7. The van der Waals surface area contributed by atoms with E-state index in [1.54, 1.807) is 0 Å². The van der Waals surface area contributed by atoms with Gasteiger partial charge in [0.15, 0.2) is 0 Å². The zero-order valence-electron chi connectivity index (χ0n) is 16.5. The van der Waals surface area contributed by atoms with Gasteiger partial charge in [0.05, 0.1) is 31.5 Å². The summed E-state index contributed by atoms with van der Waals surface area (Å²) >= 11 is 8.91. The summed E-state index contributed by atoms with van der Waals surface area (Å²) in [4.78, 5) is 6.10. The van der Waals surface area contributed by atoms with E-state index in [1.807, 2.05) is 0 Å². The SMILES string of the molecule is C/C(=C\c1ccc(N=C=S)cc1S(=O)(=O)[O-])c1ccc(N=C=S)cc1S(=O)(=O)[O-].[Na+].[Na+]. The molecule has 0 radical (unpaired) electrons. The van der Waals surface area contributed by atoms with E-state index in [-0.39, 0.29) is 87.2 Å². The van der Waals surface area contributed by atoms with Crippen molar-refractivity contribution in [2.75, 3.05) is 0 Å². The fraction of sp³-hybridized carbons (Fsp3) is 0.0588. The Hall–Kier alpha value is -0.400. The van der Waals surface area contributed by atoms with E-state index in [0.717, 1.165) is 12.1 Å². The number of isothiocyanates is 2. The molecule has 0 unspecified atom stereocenters. The molecule has 31 heavy (non-hydrogen) atoms. The van der Waals surface area contributed by atoms with E-state index in [4.69, 9.17) is 0 Å². The van der Waals surface area contributed by atoms with Gasteiger partial charge in [0.25, 0.3) is 0 Å². The number of benzene rings is 2. The molecular formula is C17H10N2Na2O6S4. The summed E-state index contributed by atoms with van der Waals surface area (Å²) in [6.45, 7) is 1.45. The number of thiocarbonyl (C=S) groups is 2. The maximum Gasteiger partial charge on any atom is 1.00 e. The summed E-state index contributed by atoms with van der Waals surface area (Å²) in [5, 5.41) is 4.13. The van der Waals surface area contributed by atoms with E-state index >= 15 is 0 Å². The van der Waals surface area contributed by atoms with Crippen molar-refractivity contribution in [1.82, 2.24) is 0 Å². The molecule has 2 rings (SSSR count). The van der Waals surface area contributed by atoms with Crippen LogP contribution in [0.25, 0.3) is 11.6 Å². The first-order chi connectivity index (χ1) is 13.5. The van der Waals surface area contributed by atoms with Gasteiger partial charge >= 0.3 is 59.1 Å². The van der Waals surface area contributed by atoms with Crippen LogP contribution in [0.4, 0.5) is 11.4 Å². The molecule has 0 heterocycles. The van der Waals surface area contributed by atoms with Crippen LogP contribution in [0.5, 0.6) is 0 Å². The minimum atomic E-state index is -4.89. The largest absolute Gasteiger partial charge is 1.00 e. The molecule has 0 spiro atoms. The summed E-state index contributed by atoms with van der Waals surface area (Å²) in [6.07, 6.45) is 1.27. The average Bonchev–Trinajstić information content (AvgIpc) is 2.61. The van der Waals surface area contributed by atoms with Crippen LogP contribution in [0.2, 0.25) is 0 Å². The second-order valence-electron chi connectivity index (χ2n) is 5.54. The molecule has 0 N–H and O–H groups in total. The van der Waals surface area contributed by atoms with Gasteiger partial charge in [-0.1, -0.05) is 18.2 Å². The van der Waals surface area contributed by atoms with Crippen LogP contribution in [-0.4, -0.2) is 36.3 Å². The van der Waals surface area contributed by atoms with E-state index in [0.29, 0.717) is 0 Å². The van der Waals surface area contributed by atoms with Gasteiger partial charge in [-0.25, -0.2) is 16.8 Å². The monoisotopic (exact) mass is 512 g/mol. The van der Waals surface area contributed by atoms with Crippen LogP contribution < -0.4 is 59.1 Å². The number of hydrogen-bond acceptors (Lipinski definition) is 10. The van der Waals surface area contributed by atoms with Gasteiger partial charge in [-0.05, 0) is 72.3 Å². The third kappa shape index (κ3) is 8.47. The number of aliphatic imine (C=N–C) groups is 2. The third-order valence-electron chi connectivity index (χ3n) is 3.65. The molecule has 0 aliphatic carbocycles. The van der Waals surface area contributed by atoms with Gasteiger partial charge in [-0.2, -0.15) is 9.98 Å². The molecule has 150 valence electrons. The van der Waals surface area contributed by atoms with Crippen LogP contribution >= 0.6 is 24.4 Å². The van der Waals surface area contributed by atoms with E-state index in [9.17, 15) is 25.9 Å². The molecule has 0 fully saturated rings. The fourth-order valence-corrected chi connectivity index (χ4v) is 4.11. The predicted octanol–water partition coefficient (Wildman–Crippen LogP) is -2.47. The van der Waals surface area contributed by atoms with Gasteiger partial charge in [0.2, 0.25) is 0 Å². The van der Waals surface area contributed by atoms with Crippen LogP contribution in [0.1, 0.15) is 18.1 Å². The van der Waals surface area contributed by atoms with Crippen molar-refractivity contribution in [3.05, 3.63) is 47.5 Å². The molecule has 2 aromatic rings. The first-order valence-electron chi connectivity index (χ1n) is 7.51. The fourth-order valence-electron chi connectivity index (χ4n) is 2.46. The Bertz CT molecular complexity index is 1330. The van der Waals surface area contributed by atoms with Crippen LogP contribution in [-0.2, 0) is 20.2 Å². The molecule has 0 atom stereocenters. The predicted molar refractivity (Wildman–Crippen MR) is 112 cm³/mol. The Morgan fingerprint density at radius 2 is 1.32 bits per heavy atom. The molecular weight excluding hydrogens is 502 g/mol. The van der Waals surface area contributed by atoms with Crippen molar-refractivity contribution in [2.24, 2.45) is 9.98 Å². The van der Waals surface area contributed by atoms with E-state index in [1.165, 1.54) is 37.3 Å². The molecule has 0 saturated carbocycles. The maximum atomic E-state index is 11.7. The third-order valence-corrected chi connectivity index (χ3v) is 5.60. The van der Waals surface area contributed by atoms with Crippen molar-refractivity contribution >= 4 is 78.0 Å². The summed E-state index contributed by atoms with van der Waals surface area (Å²) in [5.74, 6) is 0. The number of rotatable bonds is 6. The topological polar surface area (TPSA) is 139 Å². The smallest absolute Gasteiger partial charge is 0.744 e. The molecule has 0 amide bonds. The summed E-state index contributed by atoms with van der Waals surface area (Å²) in [6, 6.07) is 7.47. The Kier molecular flexibility index (Phi) is 12.6. The van der Waals surface area contributed by atoms with Crippen LogP contribution in [0.3, 0.4) is 0 Å². The van der Waals surface area contributed by atoms with E-state index in [2.05, 4.69) is 44.7 Å². The zero-order chi connectivity index (χ0) is 21.8. The minimum absolute atomic E-state index is 0. The Balaban J connectivity index is 0.00000450. The number of allylic oxidation sites excluding steroid dienone is 1. The quantitative estimate of drug-likeness (QED) is 0.136. The Labute approximate surface area is 234 Å². The van der Waals surface area contributed by atoms with Crippen molar-refractivity contribution in [2.45, 2.75) is 16.7 Å². The van der Waals surface area contributed by atoms with E-state index < -0.39 is 30.0 Å². The van der Waals surface area contributed by atoms with Gasteiger partial charge in [0.1, 0.15) is 20.2 Å². The standard InChI is InChI=1S/C17H12N2O6S4.2Na/c1-11(15-5-4-14(19-10-27)8-17(15)29(23,24)25)6-12-2-3-13(18-9-26)7-16(12)28(20,21)22;;/h2-8H,1H3,(H,20,21,22)(H,23,24,25);;/q;2*+1/p-2/b11-6+;;. The zero-order valence-corrected chi connectivity index (χ0v) is 23.8. The normalized spacial score (nSPS) is 11.3. The van der Waals surface area contributed by atoms with Crippen LogP contribution in [0.15, 0.2) is 56.2 Å². The van der Waals surface area contributed by atoms with Gasteiger partial charge in [-0.3, -0.25) is 0 Å². The second-order valence-corrected chi connectivity index (χ2v) is 8.61. The van der Waals surface area contributed by atoms with Gasteiger partial charge < -0.3 is 9.11 Å². The summed E-state index contributed by atoms with van der Waals surface area (Å²) in [7, 11) is -9.78. The molecule has 0 saturated heterocycles. The Morgan fingerprint density at radius 3 is 1.77 bits per heavy atom. The van der Waals surface area contributed by atoms with Crippen molar-refractivity contribution in [3.8, 4) is 0 Å². The maximum absolute atomic E-state index is 11.7. The first kappa shape index (κ1) is 30.6.